The molecule has 0 aliphatic carbocycles. The second-order valence-electron chi connectivity index (χ2n) is 3.81. The molecule has 0 atom stereocenters. The molecule has 1 N–H and O–H groups in total. The van der Waals surface area contributed by atoms with Crippen molar-refractivity contribution in [3.05, 3.63) is 46.1 Å². The Labute approximate surface area is 103 Å². The summed E-state index contributed by atoms with van der Waals surface area (Å²) in [5.74, 6) is 0.596. The van der Waals surface area contributed by atoms with Crippen LogP contribution in [0.4, 0.5) is 5.69 Å². The number of non-ortho nitro benzene ring substituents is 1. The highest BCUT2D eigenvalue weighted by Gasteiger charge is 2.12. The Hall–Kier alpha value is -2.21. The Kier molecular flexibility index (Phi) is 3.69. The molecule has 2 rings (SSSR count). The van der Waals surface area contributed by atoms with Gasteiger partial charge in [-0.2, -0.15) is 0 Å². The number of aryl methyl sites for hydroxylation is 1. The van der Waals surface area contributed by atoms with Crippen LogP contribution in [0, 0.1) is 10.1 Å². The standard InChI is InChI=1S/C12H12N2O4/c15-7-1-2-10-8-13-18-12(10)9-3-5-11(6-4-9)14(16)17/h3-6,8,15H,1-2,7H2. The third-order valence-electron chi connectivity index (χ3n) is 2.59. The summed E-state index contributed by atoms with van der Waals surface area (Å²) in [6.45, 7) is 0.102. The van der Waals surface area contributed by atoms with E-state index < -0.39 is 4.92 Å². The zero-order chi connectivity index (χ0) is 13.0. The van der Waals surface area contributed by atoms with E-state index in [2.05, 4.69) is 5.16 Å². The van der Waals surface area contributed by atoms with E-state index in [1.165, 1.54) is 12.1 Å². The Morgan fingerprint density at radius 1 is 1.33 bits per heavy atom. The summed E-state index contributed by atoms with van der Waals surface area (Å²) in [4.78, 5) is 10.1. The average Bonchev–Trinajstić information content (AvgIpc) is 2.84. The molecule has 0 aliphatic rings. The van der Waals surface area contributed by atoms with Crippen molar-refractivity contribution in [2.45, 2.75) is 12.8 Å². The number of nitrogens with zero attached hydrogens (tertiary/aromatic N) is 2. The maximum atomic E-state index is 10.5. The van der Waals surface area contributed by atoms with Crippen LogP contribution >= 0.6 is 0 Å². The monoisotopic (exact) mass is 248 g/mol. The quantitative estimate of drug-likeness (QED) is 0.647. The minimum absolute atomic E-state index is 0.0372. The van der Waals surface area contributed by atoms with Gasteiger partial charge in [0, 0.05) is 29.9 Å². The summed E-state index contributed by atoms with van der Waals surface area (Å²) in [5, 5.41) is 23.1. The Morgan fingerprint density at radius 2 is 2.06 bits per heavy atom. The van der Waals surface area contributed by atoms with Gasteiger partial charge in [0.15, 0.2) is 5.76 Å². The topological polar surface area (TPSA) is 89.4 Å². The van der Waals surface area contributed by atoms with Gasteiger partial charge >= 0.3 is 0 Å². The molecule has 0 aliphatic heterocycles. The molecule has 0 amide bonds. The van der Waals surface area contributed by atoms with E-state index in [-0.39, 0.29) is 12.3 Å². The molecule has 2 aromatic rings. The van der Waals surface area contributed by atoms with Gasteiger partial charge in [0.2, 0.25) is 0 Å². The second-order valence-corrected chi connectivity index (χ2v) is 3.81. The van der Waals surface area contributed by atoms with Crippen LogP contribution in [0.3, 0.4) is 0 Å². The van der Waals surface area contributed by atoms with Crippen molar-refractivity contribution >= 4 is 5.69 Å². The van der Waals surface area contributed by atoms with Crippen LogP contribution in [-0.2, 0) is 6.42 Å². The number of hydrogen-bond donors (Lipinski definition) is 1. The average molecular weight is 248 g/mol. The second kappa shape index (κ2) is 5.42. The molecule has 0 radical (unpaired) electrons. The van der Waals surface area contributed by atoms with Crippen molar-refractivity contribution in [2.24, 2.45) is 0 Å². The van der Waals surface area contributed by atoms with Crippen LogP contribution in [0.25, 0.3) is 11.3 Å². The Balaban J connectivity index is 2.25. The van der Waals surface area contributed by atoms with E-state index >= 15 is 0 Å². The van der Waals surface area contributed by atoms with Gasteiger partial charge in [-0.25, -0.2) is 0 Å². The first-order valence-corrected chi connectivity index (χ1v) is 5.51. The first-order valence-electron chi connectivity index (χ1n) is 5.51. The predicted molar refractivity (Wildman–Crippen MR) is 64.0 cm³/mol. The number of nitro groups is 1. The molecular weight excluding hydrogens is 236 g/mol. The molecule has 0 saturated heterocycles. The molecule has 18 heavy (non-hydrogen) atoms. The van der Waals surface area contributed by atoms with E-state index in [0.29, 0.717) is 18.6 Å². The summed E-state index contributed by atoms with van der Waals surface area (Å²) in [6, 6.07) is 6.10. The molecule has 94 valence electrons. The van der Waals surface area contributed by atoms with Crippen LogP contribution in [0.1, 0.15) is 12.0 Å². The van der Waals surface area contributed by atoms with E-state index in [1.807, 2.05) is 0 Å². The third kappa shape index (κ3) is 2.54. The van der Waals surface area contributed by atoms with Gasteiger partial charge in [0.05, 0.1) is 11.1 Å². The normalized spacial score (nSPS) is 10.5. The van der Waals surface area contributed by atoms with Crippen molar-refractivity contribution in [1.29, 1.82) is 0 Å². The number of aromatic nitrogens is 1. The summed E-state index contributed by atoms with van der Waals surface area (Å²) < 4.78 is 5.15. The van der Waals surface area contributed by atoms with Crippen LogP contribution in [0.5, 0.6) is 0 Å². The molecule has 0 saturated carbocycles. The maximum absolute atomic E-state index is 10.5. The zero-order valence-electron chi connectivity index (χ0n) is 9.57. The van der Waals surface area contributed by atoms with E-state index in [4.69, 9.17) is 9.63 Å². The molecule has 0 spiro atoms. The smallest absolute Gasteiger partial charge is 0.269 e. The highest BCUT2D eigenvalue weighted by Crippen LogP contribution is 2.26. The van der Waals surface area contributed by atoms with Crippen molar-refractivity contribution in [1.82, 2.24) is 5.16 Å². The van der Waals surface area contributed by atoms with Crippen LogP contribution < -0.4 is 0 Å². The SMILES string of the molecule is O=[N+]([O-])c1ccc(-c2oncc2CCCO)cc1. The lowest BCUT2D eigenvalue weighted by Crippen LogP contribution is -1.90. The van der Waals surface area contributed by atoms with Gasteiger partial charge < -0.3 is 9.63 Å². The number of aliphatic hydroxyl groups excluding tert-OH is 1. The lowest BCUT2D eigenvalue weighted by atomic mass is 10.1. The Morgan fingerprint density at radius 3 is 2.67 bits per heavy atom. The first-order chi connectivity index (χ1) is 8.72. The first kappa shape index (κ1) is 12.3. The molecule has 0 bridgehead atoms. The van der Waals surface area contributed by atoms with Crippen LogP contribution in [0.15, 0.2) is 35.0 Å². The van der Waals surface area contributed by atoms with Gasteiger partial charge in [-0.15, -0.1) is 0 Å². The van der Waals surface area contributed by atoms with Gasteiger partial charge in [0.25, 0.3) is 5.69 Å². The molecule has 0 unspecified atom stereocenters. The molecule has 6 heteroatoms. The van der Waals surface area contributed by atoms with Crippen molar-refractivity contribution < 1.29 is 14.6 Å². The lowest BCUT2D eigenvalue weighted by Gasteiger charge is -2.00. The van der Waals surface area contributed by atoms with Crippen molar-refractivity contribution in [3.8, 4) is 11.3 Å². The number of aliphatic hydroxyl groups is 1. The lowest BCUT2D eigenvalue weighted by molar-refractivity contribution is -0.384. The van der Waals surface area contributed by atoms with Crippen molar-refractivity contribution in [2.75, 3.05) is 6.61 Å². The summed E-state index contributed by atoms with van der Waals surface area (Å²) >= 11 is 0. The molecule has 1 aromatic carbocycles. The summed E-state index contributed by atoms with van der Waals surface area (Å²) in [5.41, 5.74) is 1.67. The predicted octanol–water partition coefficient (Wildman–Crippen LogP) is 2.17. The van der Waals surface area contributed by atoms with Crippen molar-refractivity contribution in [3.63, 3.8) is 0 Å². The van der Waals surface area contributed by atoms with E-state index in [9.17, 15) is 10.1 Å². The molecular formula is C12H12N2O4. The molecule has 1 aromatic heterocycles. The number of nitro benzene ring substituents is 1. The Bertz CT molecular complexity index is 533. The van der Waals surface area contributed by atoms with Gasteiger partial charge in [-0.3, -0.25) is 10.1 Å². The number of benzene rings is 1. The highest BCUT2D eigenvalue weighted by molar-refractivity contribution is 5.62. The molecule has 6 nitrogen and oxygen atoms in total. The van der Waals surface area contributed by atoms with Crippen LogP contribution in [-0.4, -0.2) is 21.8 Å². The minimum Gasteiger partial charge on any atom is -0.396 e. The van der Waals surface area contributed by atoms with Gasteiger partial charge in [-0.1, -0.05) is 5.16 Å². The third-order valence-corrected chi connectivity index (χ3v) is 2.59. The van der Waals surface area contributed by atoms with E-state index in [0.717, 1.165) is 11.1 Å². The van der Waals surface area contributed by atoms with Gasteiger partial charge in [-0.05, 0) is 25.0 Å². The zero-order valence-corrected chi connectivity index (χ0v) is 9.57. The molecule has 0 fully saturated rings. The maximum Gasteiger partial charge on any atom is 0.269 e. The number of rotatable bonds is 5. The minimum atomic E-state index is -0.448. The van der Waals surface area contributed by atoms with Crippen LogP contribution in [0.2, 0.25) is 0 Å². The molecule has 1 heterocycles. The fraction of sp³-hybridized carbons (Fsp3) is 0.250. The summed E-state index contributed by atoms with van der Waals surface area (Å²) in [7, 11) is 0. The highest BCUT2D eigenvalue weighted by atomic mass is 16.6. The summed E-state index contributed by atoms with van der Waals surface area (Å²) in [6.07, 6.45) is 2.89. The largest absolute Gasteiger partial charge is 0.396 e. The fourth-order valence-electron chi connectivity index (χ4n) is 1.68. The number of hydrogen-bond acceptors (Lipinski definition) is 5. The van der Waals surface area contributed by atoms with Gasteiger partial charge in [0.1, 0.15) is 0 Å². The fourth-order valence-corrected chi connectivity index (χ4v) is 1.68. The van der Waals surface area contributed by atoms with E-state index in [1.54, 1.807) is 18.3 Å².